The lowest BCUT2D eigenvalue weighted by atomic mass is 9.85. The minimum Gasteiger partial charge on any atom is -0.493 e. The number of aliphatic hydroxyl groups is 1. The van der Waals surface area contributed by atoms with E-state index in [0.717, 1.165) is 52.7 Å². The number of rotatable bonds is 7. The first kappa shape index (κ1) is 20.1. The second-order valence-corrected chi connectivity index (χ2v) is 8.71. The van der Waals surface area contributed by atoms with Gasteiger partial charge in [-0.05, 0) is 42.0 Å². The first-order chi connectivity index (χ1) is 14.1. The minimum absolute atomic E-state index is 0.581. The molecule has 0 bridgehead atoms. The maximum Gasteiger partial charge on any atom is 0.162 e. The van der Waals surface area contributed by atoms with E-state index in [1.165, 1.54) is 6.42 Å². The number of hydrogen-bond donors (Lipinski definition) is 2. The first-order valence-electron chi connectivity index (χ1n) is 10.1. The standard InChI is InChI=1S/C23H28N2O3S/c1-27-19-12-16-11-17(14-24-15-23(26)8-4-3-5-9-23)22(21-7-6-10-29-21)25-18(16)13-20(19)28-2/h6-7,10-13,24,26H,3-5,8-9,14-15H2,1-2H3. The van der Waals surface area contributed by atoms with Crippen molar-refractivity contribution in [3.63, 3.8) is 0 Å². The second kappa shape index (κ2) is 8.69. The van der Waals surface area contributed by atoms with Gasteiger partial charge >= 0.3 is 0 Å². The quantitative estimate of drug-likeness (QED) is 0.585. The van der Waals surface area contributed by atoms with Crippen LogP contribution in [0.15, 0.2) is 35.7 Å². The average Bonchev–Trinajstić information content (AvgIpc) is 3.27. The van der Waals surface area contributed by atoms with Gasteiger partial charge in [-0.25, -0.2) is 4.98 Å². The van der Waals surface area contributed by atoms with Gasteiger partial charge in [-0.2, -0.15) is 0 Å². The molecule has 0 unspecified atom stereocenters. The van der Waals surface area contributed by atoms with Crippen LogP contribution in [0.2, 0.25) is 0 Å². The number of aromatic nitrogens is 1. The number of ether oxygens (including phenoxy) is 2. The number of pyridine rings is 1. The molecule has 2 aromatic heterocycles. The molecule has 1 saturated carbocycles. The van der Waals surface area contributed by atoms with Crippen molar-refractivity contribution in [1.29, 1.82) is 0 Å². The summed E-state index contributed by atoms with van der Waals surface area (Å²) in [6, 6.07) is 10.2. The number of benzene rings is 1. The lowest BCUT2D eigenvalue weighted by molar-refractivity contribution is 0.00468. The third-order valence-corrected chi connectivity index (χ3v) is 6.58. The summed E-state index contributed by atoms with van der Waals surface area (Å²) in [7, 11) is 3.28. The summed E-state index contributed by atoms with van der Waals surface area (Å²) in [5.41, 5.74) is 2.39. The fourth-order valence-electron chi connectivity index (χ4n) is 4.12. The fourth-order valence-corrected chi connectivity index (χ4v) is 4.87. The van der Waals surface area contributed by atoms with Gasteiger partial charge in [-0.1, -0.05) is 25.3 Å². The van der Waals surface area contributed by atoms with E-state index >= 15 is 0 Å². The predicted octanol–water partition coefficient (Wildman–Crippen LogP) is 4.77. The monoisotopic (exact) mass is 412 g/mol. The molecule has 2 heterocycles. The van der Waals surface area contributed by atoms with Crippen LogP contribution in [0.4, 0.5) is 0 Å². The Morgan fingerprint density at radius 2 is 1.86 bits per heavy atom. The number of hydrogen-bond acceptors (Lipinski definition) is 6. The molecule has 4 rings (SSSR count). The Morgan fingerprint density at radius 3 is 2.55 bits per heavy atom. The lowest BCUT2D eigenvalue weighted by Crippen LogP contribution is -2.41. The van der Waals surface area contributed by atoms with E-state index in [1.54, 1.807) is 25.6 Å². The van der Waals surface area contributed by atoms with Gasteiger partial charge in [0.15, 0.2) is 11.5 Å². The van der Waals surface area contributed by atoms with Crippen LogP contribution in [0.25, 0.3) is 21.5 Å². The smallest absolute Gasteiger partial charge is 0.162 e. The van der Waals surface area contributed by atoms with Crippen LogP contribution < -0.4 is 14.8 Å². The van der Waals surface area contributed by atoms with Crippen LogP contribution >= 0.6 is 11.3 Å². The van der Waals surface area contributed by atoms with Gasteiger partial charge in [-0.15, -0.1) is 11.3 Å². The highest BCUT2D eigenvalue weighted by atomic mass is 32.1. The maximum absolute atomic E-state index is 10.8. The second-order valence-electron chi connectivity index (χ2n) is 7.76. The van der Waals surface area contributed by atoms with Gasteiger partial charge in [0.25, 0.3) is 0 Å². The Hall–Kier alpha value is -2.15. The highest BCUT2D eigenvalue weighted by Crippen LogP contribution is 2.35. The lowest BCUT2D eigenvalue weighted by Gasteiger charge is -2.32. The summed E-state index contributed by atoms with van der Waals surface area (Å²) in [6.45, 7) is 1.27. The van der Waals surface area contributed by atoms with Crippen molar-refractivity contribution in [3.8, 4) is 22.1 Å². The number of fused-ring (bicyclic) bond motifs is 1. The van der Waals surface area contributed by atoms with Crippen LogP contribution in [-0.2, 0) is 6.54 Å². The Kier molecular flexibility index (Phi) is 6.04. The van der Waals surface area contributed by atoms with Gasteiger partial charge < -0.3 is 19.9 Å². The van der Waals surface area contributed by atoms with Gasteiger partial charge in [-0.3, -0.25) is 0 Å². The van der Waals surface area contributed by atoms with Crippen molar-refractivity contribution in [2.24, 2.45) is 0 Å². The molecule has 0 spiro atoms. The molecule has 0 aliphatic heterocycles. The molecule has 29 heavy (non-hydrogen) atoms. The Bertz CT molecular complexity index is 966. The maximum atomic E-state index is 10.8. The van der Waals surface area contributed by atoms with E-state index in [4.69, 9.17) is 14.5 Å². The number of nitrogens with zero attached hydrogens (tertiary/aromatic N) is 1. The van der Waals surface area contributed by atoms with Crippen molar-refractivity contribution in [2.45, 2.75) is 44.2 Å². The van der Waals surface area contributed by atoms with Gasteiger partial charge in [0.1, 0.15) is 0 Å². The number of thiophene rings is 1. The topological polar surface area (TPSA) is 63.6 Å². The number of methoxy groups -OCH3 is 2. The first-order valence-corrected chi connectivity index (χ1v) is 11.0. The molecule has 2 N–H and O–H groups in total. The van der Waals surface area contributed by atoms with E-state index in [2.05, 4.69) is 22.8 Å². The van der Waals surface area contributed by atoms with Gasteiger partial charge in [0, 0.05) is 24.5 Å². The molecule has 0 atom stereocenters. The van der Waals surface area contributed by atoms with Gasteiger partial charge in [0.2, 0.25) is 0 Å². The fraction of sp³-hybridized carbons (Fsp3) is 0.435. The van der Waals surface area contributed by atoms with E-state index in [9.17, 15) is 5.11 Å². The summed E-state index contributed by atoms with van der Waals surface area (Å²) in [6.07, 6.45) is 5.20. The molecule has 1 aliphatic rings. The summed E-state index contributed by atoms with van der Waals surface area (Å²) < 4.78 is 10.9. The normalized spacial score (nSPS) is 16.1. The molecule has 0 radical (unpaired) electrons. The Balaban J connectivity index is 1.66. The minimum atomic E-state index is -0.581. The van der Waals surface area contributed by atoms with Crippen LogP contribution in [-0.4, -0.2) is 36.5 Å². The van der Waals surface area contributed by atoms with E-state index in [0.29, 0.717) is 24.6 Å². The van der Waals surface area contributed by atoms with Gasteiger partial charge in [0.05, 0.1) is 35.9 Å². The third kappa shape index (κ3) is 4.39. The highest BCUT2D eigenvalue weighted by molar-refractivity contribution is 7.13. The Labute approximate surface area is 175 Å². The molecule has 6 heteroatoms. The van der Waals surface area contributed by atoms with E-state index < -0.39 is 5.60 Å². The van der Waals surface area contributed by atoms with Crippen molar-refractivity contribution >= 4 is 22.2 Å². The third-order valence-electron chi connectivity index (χ3n) is 5.71. The SMILES string of the molecule is COc1cc2cc(CNCC3(O)CCCCC3)c(-c3cccs3)nc2cc1OC. The van der Waals surface area contributed by atoms with E-state index in [1.807, 2.05) is 18.2 Å². The zero-order valence-electron chi connectivity index (χ0n) is 17.0. The average molecular weight is 413 g/mol. The molecule has 154 valence electrons. The van der Waals surface area contributed by atoms with Crippen LogP contribution in [0.3, 0.4) is 0 Å². The molecular formula is C23H28N2O3S. The van der Waals surface area contributed by atoms with Crippen LogP contribution in [0.1, 0.15) is 37.7 Å². The zero-order chi connectivity index (χ0) is 20.3. The molecule has 1 aliphatic carbocycles. The van der Waals surface area contributed by atoms with Crippen molar-refractivity contribution in [3.05, 3.63) is 41.3 Å². The zero-order valence-corrected chi connectivity index (χ0v) is 17.8. The van der Waals surface area contributed by atoms with Crippen molar-refractivity contribution < 1.29 is 14.6 Å². The van der Waals surface area contributed by atoms with E-state index in [-0.39, 0.29) is 0 Å². The van der Waals surface area contributed by atoms with Crippen molar-refractivity contribution in [1.82, 2.24) is 10.3 Å². The summed E-state index contributed by atoms with van der Waals surface area (Å²) in [5.74, 6) is 1.37. The summed E-state index contributed by atoms with van der Waals surface area (Å²) in [4.78, 5) is 6.09. The molecule has 0 amide bonds. The molecule has 3 aromatic rings. The molecular weight excluding hydrogens is 384 g/mol. The predicted molar refractivity (Wildman–Crippen MR) is 118 cm³/mol. The van der Waals surface area contributed by atoms with Crippen LogP contribution in [0, 0.1) is 0 Å². The largest absolute Gasteiger partial charge is 0.493 e. The number of nitrogens with one attached hydrogen (secondary N) is 1. The molecule has 1 fully saturated rings. The molecule has 0 saturated heterocycles. The van der Waals surface area contributed by atoms with Crippen molar-refractivity contribution in [2.75, 3.05) is 20.8 Å². The molecule has 5 nitrogen and oxygen atoms in total. The molecule has 1 aromatic carbocycles. The summed E-state index contributed by atoms with van der Waals surface area (Å²) in [5, 5.41) is 17.4. The Morgan fingerprint density at radius 1 is 1.10 bits per heavy atom. The highest BCUT2D eigenvalue weighted by Gasteiger charge is 2.28. The summed E-state index contributed by atoms with van der Waals surface area (Å²) >= 11 is 1.68. The van der Waals surface area contributed by atoms with Crippen LogP contribution in [0.5, 0.6) is 11.5 Å².